The Morgan fingerprint density at radius 1 is 1.19 bits per heavy atom. The first-order valence-corrected chi connectivity index (χ1v) is 11.7. The first-order valence-electron chi connectivity index (χ1n) is 10.0. The molecule has 1 aliphatic rings. The number of hydrogen-bond acceptors (Lipinski definition) is 5. The lowest BCUT2D eigenvalue weighted by Crippen LogP contribution is -2.29. The van der Waals surface area contributed by atoms with Gasteiger partial charge < -0.3 is 15.0 Å². The van der Waals surface area contributed by atoms with Gasteiger partial charge in [-0.15, -0.1) is 22.7 Å². The maximum absolute atomic E-state index is 14.4. The van der Waals surface area contributed by atoms with Crippen molar-refractivity contribution in [2.24, 2.45) is 0 Å². The zero-order chi connectivity index (χ0) is 21.4. The number of halogens is 1. The molecule has 0 saturated heterocycles. The van der Waals surface area contributed by atoms with Crippen LogP contribution in [0.25, 0.3) is 10.1 Å². The van der Waals surface area contributed by atoms with Gasteiger partial charge in [0.15, 0.2) is 0 Å². The maximum Gasteiger partial charge on any atom is 0.266 e. The van der Waals surface area contributed by atoms with E-state index in [2.05, 4.69) is 21.7 Å². The number of amides is 1. The van der Waals surface area contributed by atoms with Crippen LogP contribution in [0.1, 0.15) is 25.7 Å². The van der Waals surface area contributed by atoms with Gasteiger partial charge in [0.1, 0.15) is 5.82 Å². The first-order chi connectivity index (χ1) is 15.1. The molecule has 2 aromatic heterocycles. The molecule has 158 valence electrons. The van der Waals surface area contributed by atoms with Crippen molar-refractivity contribution in [3.05, 3.63) is 80.6 Å². The number of nitrogens with zero attached hydrogens (tertiary/aromatic N) is 1. The highest BCUT2D eigenvalue weighted by molar-refractivity contribution is 7.21. The highest BCUT2D eigenvalue weighted by atomic mass is 32.1. The molecular weight excluding hydrogens is 431 g/mol. The minimum Gasteiger partial charge on any atom is -0.380 e. The summed E-state index contributed by atoms with van der Waals surface area (Å²) in [5, 5.41) is 5.58. The van der Waals surface area contributed by atoms with Gasteiger partial charge in [-0.1, -0.05) is 6.07 Å². The molecule has 1 N–H and O–H groups in total. The molecule has 2 aromatic carbocycles. The third-order valence-electron chi connectivity index (χ3n) is 5.56. The molecule has 4 nitrogen and oxygen atoms in total. The van der Waals surface area contributed by atoms with Crippen LogP contribution in [0.3, 0.4) is 0 Å². The number of benzene rings is 2. The monoisotopic (exact) mass is 452 g/mol. The van der Waals surface area contributed by atoms with E-state index in [0.717, 1.165) is 29.9 Å². The summed E-state index contributed by atoms with van der Waals surface area (Å²) < 4.78 is 20.4. The van der Waals surface area contributed by atoms with Gasteiger partial charge in [0.05, 0.1) is 11.5 Å². The zero-order valence-corrected chi connectivity index (χ0v) is 18.6. The molecule has 1 amide bonds. The van der Waals surface area contributed by atoms with Gasteiger partial charge in [-0.3, -0.25) is 4.79 Å². The number of hydrogen-bond donors (Lipinski definition) is 1. The third kappa shape index (κ3) is 3.84. The number of carbonyl (C=O) groups is 1. The van der Waals surface area contributed by atoms with Crippen molar-refractivity contribution in [1.82, 2.24) is 0 Å². The number of nitrogens with one attached hydrogen (secondary N) is 1. The smallest absolute Gasteiger partial charge is 0.266 e. The fourth-order valence-corrected chi connectivity index (χ4v) is 6.05. The second-order valence-corrected chi connectivity index (χ2v) is 9.55. The van der Waals surface area contributed by atoms with Crippen molar-refractivity contribution < 1.29 is 13.9 Å². The highest BCUT2D eigenvalue weighted by Gasteiger charge is 2.21. The van der Waals surface area contributed by atoms with Crippen LogP contribution in [-0.4, -0.2) is 19.6 Å². The molecule has 0 atom stereocenters. The number of fused-ring (bicyclic) bond motifs is 2. The number of ether oxygens (including phenoxy) is 1. The molecule has 3 heterocycles. The summed E-state index contributed by atoms with van der Waals surface area (Å²) in [7, 11) is 1.55. The molecule has 4 aromatic rings. The fourth-order valence-electron chi connectivity index (χ4n) is 4.05. The second-order valence-electron chi connectivity index (χ2n) is 7.50. The molecule has 1 aliphatic heterocycles. The Hall–Kier alpha value is -2.74. The lowest BCUT2D eigenvalue weighted by Gasteiger charge is -2.29. The summed E-state index contributed by atoms with van der Waals surface area (Å²) in [4.78, 5) is 17.3. The molecule has 0 unspecified atom stereocenters. The molecule has 31 heavy (non-hydrogen) atoms. The predicted molar refractivity (Wildman–Crippen MR) is 126 cm³/mol. The van der Waals surface area contributed by atoms with Crippen molar-refractivity contribution >= 4 is 50.0 Å². The Bertz CT molecular complexity index is 1250. The van der Waals surface area contributed by atoms with E-state index in [1.165, 1.54) is 27.8 Å². The van der Waals surface area contributed by atoms with Crippen LogP contribution in [0.15, 0.2) is 53.9 Å². The Morgan fingerprint density at radius 3 is 2.84 bits per heavy atom. The summed E-state index contributed by atoms with van der Waals surface area (Å²) in [6, 6.07) is 15.0. The normalized spacial score (nSPS) is 13.4. The predicted octanol–water partition coefficient (Wildman–Crippen LogP) is 6.06. The van der Waals surface area contributed by atoms with Crippen LogP contribution in [0.5, 0.6) is 0 Å². The lowest BCUT2D eigenvalue weighted by atomic mass is 10.1. The van der Waals surface area contributed by atoms with Gasteiger partial charge in [-0.2, -0.15) is 0 Å². The zero-order valence-electron chi connectivity index (χ0n) is 17.0. The van der Waals surface area contributed by atoms with Crippen LogP contribution in [0, 0.1) is 5.82 Å². The number of thiophene rings is 2. The van der Waals surface area contributed by atoms with E-state index in [9.17, 15) is 9.18 Å². The van der Waals surface area contributed by atoms with E-state index in [1.807, 2.05) is 41.7 Å². The highest BCUT2D eigenvalue weighted by Crippen LogP contribution is 2.34. The molecule has 0 radical (unpaired) electrons. The maximum atomic E-state index is 14.4. The number of carbonyl (C=O) groups excluding carboxylic acids is 1. The van der Waals surface area contributed by atoms with E-state index in [0.29, 0.717) is 21.5 Å². The van der Waals surface area contributed by atoms with Gasteiger partial charge >= 0.3 is 0 Å². The number of rotatable bonds is 5. The Morgan fingerprint density at radius 2 is 2.03 bits per heavy atom. The van der Waals surface area contributed by atoms with E-state index in [1.54, 1.807) is 13.2 Å². The van der Waals surface area contributed by atoms with E-state index in [4.69, 9.17) is 4.74 Å². The van der Waals surface area contributed by atoms with Crippen molar-refractivity contribution in [3.8, 4) is 0 Å². The average molecular weight is 453 g/mol. The van der Waals surface area contributed by atoms with Crippen molar-refractivity contribution in [2.75, 3.05) is 23.9 Å². The topological polar surface area (TPSA) is 41.6 Å². The lowest BCUT2D eigenvalue weighted by molar-refractivity contribution is 0.102. The number of anilines is 2. The molecule has 7 heteroatoms. The SMILES string of the molecule is COCc1c(C(=O)Nc2ccc(N3CCc4sccc4C3)cc2)sc2cccc(F)c12. The fraction of sp³-hybridized carbons (Fsp3) is 0.208. The largest absolute Gasteiger partial charge is 0.380 e. The summed E-state index contributed by atoms with van der Waals surface area (Å²) in [5.41, 5.74) is 3.84. The van der Waals surface area contributed by atoms with Crippen LogP contribution in [-0.2, 0) is 24.3 Å². The Labute approximate surface area is 187 Å². The first kappa shape index (κ1) is 20.2. The number of methoxy groups -OCH3 is 1. The minimum absolute atomic E-state index is 0.183. The van der Waals surface area contributed by atoms with Crippen molar-refractivity contribution in [3.63, 3.8) is 0 Å². The van der Waals surface area contributed by atoms with Gasteiger partial charge in [-0.05, 0) is 59.8 Å². The standard InChI is InChI=1S/C24H21FN2O2S2/c1-29-14-18-22-19(25)3-2-4-21(22)31-23(18)24(28)26-16-5-7-17(8-6-16)27-11-9-20-15(13-27)10-12-30-20/h2-8,10,12H,9,11,13-14H2,1H3,(H,26,28). The van der Waals surface area contributed by atoms with Crippen LogP contribution >= 0.6 is 22.7 Å². The Kier molecular flexibility index (Phi) is 5.48. The molecule has 0 fully saturated rings. The van der Waals surface area contributed by atoms with E-state index in [-0.39, 0.29) is 18.3 Å². The van der Waals surface area contributed by atoms with E-state index >= 15 is 0 Å². The average Bonchev–Trinajstić information content (AvgIpc) is 3.39. The Balaban J connectivity index is 1.35. The van der Waals surface area contributed by atoms with Crippen LogP contribution in [0.4, 0.5) is 15.8 Å². The third-order valence-corrected chi connectivity index (χ3v) is 7.78. The molecule has 5 rings (SSSR count). The van der Waals surface area contributed by atoms with Crippen molar-refractivity contribution in [1.29, 1.82) is 0 Å². The van der Waals surface area contributed by atoms with Crippen LogP contribution < -0.4 is 10.2 Å². The van der Waals surface area contributed by atoms with Crippen molar-refractivity contribution in [2.45, 2.75) is 19.6 Å². The van der Waals surface area contributed by atoms with Gasteiger partial charge in [0.2, 0.25) is 0 Å². The van der Waals surface area contributed by atoms with Crippen LogP contribution in [0.2, 0.25) is 0 Å². The van der Waals surface area contributed by atoms with Gasteiger partial charge in [0.25, 0.3) is 5.91 Å². The molecule has 0 bridgehead atoms. The van der Waals surface area contributed by atoms with Gasteiger partial charge in [0, 0.05) is 52.1 Å². The summed E-state index contributed by atoms with van der Waals surface area (Å²) in [5.74, 6) is -0.583. The molecule has 0 aliphatic carbocycles. The second kappa shape index (κ2) is 8.42. The quantitative estimate of drug-likeness (QED) is 0.400. The van der Waals surface area contributed by atoms with Gasteiger partial charge in [-0.25, -0.2) is 4.39 Å². The minimum atomic E-state index is -0.334. The summed E-state index contributed by atoms with van der Waals surface area (Å²) in [6.45, 7) is 2.09. The van der Waals surface area contributed by atoms with E-state index < -0.39 is 0 Å². The molecule has 0 saturated carbocycles. The molecular formula is C24H21FN2O2S2. The summed E-state index contributed by atoms with van der Waals surface area (Å²) in [6.07, 6.45) is 1.07. The summed E-state index contributed by atoms with van der Waals surface area (Å²) >= 11 is 3.12. The molecule has 0 spiro atoms.